The minimum absolute atomic E-state index is 0.0266. The van der Waals surface area contributed by atoms with Crippen LogP contribution in [-0.4, -0.2) is 20.0 Å². The molecule has 0 bridgehead atoms. The highest BCUT2D eigenvalue weighted by Crippen LogP contribution is 2.39. The zero-order valence-electron chi connectivity index (χ0n) is 10.4. The third-order valence-electron chi connectivity index (χ3n) is 3.19. The highest BCUT2D eigenvalue weighted by Gasteiger charge is 2.42. The minimum Gasteiger partial charge on any atom is -0.300 e. The lowest BCUT2D eigenvalue weighted by Crippen LogP contribution is -2.45. The summed E-state index contributed by atoms with van der Waals surface area (Å²) in [7, 11) is -0.935. The molecule has 0 aromatic rings. The topological polar surface area (TPSA) is 34.1 Å². The number of carbonyl (C=O) groups excluding carboxylic acids is 1. The Morgan fingerprint density at radius 2 is 1.87 bits per heavy atom. The zero-order valence-corrected chi connectivity index (χ0v) is 11.2. The summed E-state index contributed by atoms with van der Waals surface area (Å²) in [6.45, 7) is 10.2. The molecule has 0 N–H and O–H groups in total. The molecule has 3 heteroatoms. The monoisotopic (exact) mass is 230 g/mol. The summed E-state index contributed by atoms with van der Waals surface area (Å²) in [4.78, 5) is 11.5. The van der Waals surface area contributed by atoms with Crippen molar-refractivity contribution in [3.8, 4) is 0 Å². The number of hydrogen-bond donors (Lipinski definition) is 0. The van der Waals surface area contributed by atoms with Crippen LogP contribution in [0.2, 0.25) is 0 Å². The van der Waals surface area contributed by atoms with E-state index in [-0.39, 0.29) is 21.2 Å². The van der Waals surface area contributed by atoms with Crippen LogP contribution in [0.3, 0.4) is 0 Å². The first-order valence-electron chi connectivity index (χ1n) is 5.57. The molecule has 2 atom stereocenters. The number of hydrogen-bond acceptors (Lipinski definition) is 2. The smallest absolute Gasteiger partial charge is 0.134 e. The van der Waals surface area contributed by atoms with Gasteiger partial charge in [0, 0.05) is 33.6 Å². The second-order valence-electron chi connectivity index (χ2n) is 6.13. The van der Waals surface area contributed by atoms with E-state index in [1.165, 1.54) is 0 Å². The van der Waals surface area contributed by atoms with Crippen molar-refractivity contribution in [1.29, 1.82) is 0 Å². The standard InChI is InChI=1S/C12H22O2S/c1-11(2,3)15(14)10-8-9(13)6-7-12(10,4)5/h10H,6-8H2,1-5H3. The molecule has 1 aliphatic carbocycles. The Labute approximate surface area is 95.3 Å². The molecular weight excluding hydrogens is 208 g/mol. The summed E-state index contributed by atoms with van der Waals surface area (Å²) in [6.07, 6.45) is 2.03. The van der Waals surface area contributed by atoms with Crippen LogP contribution in [0, 0.1) is 5.41 Å². The van der Waals surface area contributed by atoms with Crippen molar-refractivity contribution in [2.75, 3.05) is 0 Å². The molecule has 0 aromatic heterocycles. The third kappa shape index (κ3) is 2.90. The van der Waals surface area contributed by atoms with E-state index in [2.05, 4.69) is 13.8 Å². The van der Waals surface area contributed by atoms with Gasteiger partial charge in [-0.1, -0.05) is 13.8 Å². The SMILES string of the molecule is CC1(C)CCC(=O)CC1S(=O)C(C)(C)C. The van der Waals surface area contributed by atoms with Crippen LogP contribution >= 0.6 is 0 Å². The van der Waals surface area contributed by atoms with Gasteiger partial charge >= 0.3 is 0 Å². The molecule has 2 nitrogen and oxygen atoms in total. The third-order valence-corrected chi connectivity index (χ3v) is 5.72. The number of carbonyl (C=O) groups is 1. The molecule has 1 aliphatic rings. The number of rotatable bonds is 1. The first-order chi connectivity index (χ1) is 6.64. The predicted molar refractivity (Wildman–Crippen MR) is 64.3 cm³/mol. The lowest BCUT2D eigenvalue weighted by atomic mass is 9.76. The second-order valence-corrected chi connectivity index (χ2v) is 8.52. The largest absolute Gasteiger partial charge is 0.300 e. The Kier molecular flexibility index (Phi) is 3.44. The Morgan fingerprint density at radius 3 is 2.33 bits per heavy atom. The van der Waals surface area contributed by atoms with Crippen LogP contribution < -0.4 is 0 Å². The van der Waals surface area contributed by atoms with E-state index >= 15 is 0 Å². The van der Waals surface area contributed by atoms with Gasteiger partial charge in [-0.15, -0.1) is 0 Å². The Morgan fingerprint density at radius 1 is 1.33 bits per heavy atom. The van der Waals surface area contributed by atoms with Crippen LogP contribution in [0.15, 0.2) is 0 Å². The van der Waals surface area contributed by atoms with Crippen molar-refractivity contribution in [2.24, 2.45) is 5.41 Å². The lowest BCUT2D eigenvalue weighted by molar-refractivity contribution is -0.121. The average molecular weight is 230 g/mol. The van der Waals surface area contributed by atoms with Gasteiger partial charge in [0.1, 0.15) is 5.78 Å². The summed E-state index contributed by atoms with van der Waals surface area (Å²) in [5.74, 6) is 0.275. The molecule has 1 saturated carbocycles. The Balaban J connectivity index is 2.91. The molecule has 1 rings (SSSR count). The fraction of sp³-hybridized carbons (Fsp3) is 0.917. The number of Topliss-reactive ketones (excluding diaryl/α,β-unsaturated/α-hetero) is 1. The van der Waals surface area contributed by atoms with Crippen LogP contribution in [0.5, 0.6) is 0 Å². The van der Waals surface area contributed by atoms with Crippen LogP contribution in [0.25, 0.3) is 0 Å². The first kappa shape index (κ1) is 12.9. The fourth-order valence-electron chi connectivity index (χ4n) is 2.00. The van der Waals surface area contributed by atoms with Crippen molar-refractivity contribution in [2.45, 2.75) is 63.9 Å². The molecule has 0 spiro atoms. The van der Waals surface area contributed by atoms with Gasteiger partial charge in [0.15, 0.2) is 0 Å². The number of ketones is 1. The van der Waals surface area contributed by atoms with Crippen molar-refractivity contribution in [3.63, 3.8) is 0 Å². The summed E-state index contributed by atoms with van der Waals surface area (Å²) in [5.41, 5.74) is 0.0338. The lowest BCUT2D eigenvalue weighted by Gasteiger charge is -2.40. The first-order valence-corrected chi connectivity index (χ1v) is 6.78. The molecule has 1 fully saturated rings. The maximum Gasteiger partial charge on any atom is 0.134 e. The quantitative estimate of drug-likeness (QED) is 0.694. The van der Waals surface area contributed by atoms with Crippen LogP contribution in [0.1, 0.15) is 53.9 Å². The zero-order chi connectivity index (χ0) is 11.9. The Bertz CT molecular complexity index is 286. The van der Waals surface area contributed by atoms with E-state index < -0.39 is 10.8 Å². The molecule has 0 aromatic carbocycles. The van der Waals surface area contributed by atoms with Crippen LogP contribution in [0.4, 0.5) is 0 Å². The van der Waals surface area contributed by atoms with Gasteiger partial charge in [0.25, 0.3) is 0 Å². The van der Waals surface area contributed by atoms with Gasteiger partial charge < -0.3 is 0 Å². The summed E-state index contributed by atoms with van der Waals surface area (Å²) in [5, 5.41) is 0.0266. The van der Waals surface area contributed by atoms with Crippen molar-refractivity contribution in [3.05, 3.63) is 0 Å². The van der Waals surface area contributed by atoms with E-state index in [0.717, 1.165) is 6.42 Å². The normalized spacial score (nSPS) is 28.9. The summed E-state index contributed by atoms with van der Waals surface area (Å²) >= 11 is 0. The van der Waals surface area contributed by atoms with Crippen molar-refractivity contribution < 1.29 is 9.00 Å². The molecule has 2 unspecified atom stereocenters. The molecule has 88 valence electrons. The van der Waals surface area contributed by atoms with E-state index in [1.54, 1.807) is 0 Å². The van der Waals surface area contributed by atoms with E-state index in [1.807, 2.05) is 20.8 Å². The van der Waals surface area contributed by atoms with Crippen molar-refractivity contribution in [1.82, 2.24) is 0 Å². The molecule has 0 heterocycles. The fourth-order valence-corrected chi connectivity index (χ4v) is 3.89. The van der Waals surface area contributed by atoms with Gasteiger partial charge in [-0.2, -0.15) is 0 Å². The molecule has 0 radical (unpaired) electrons. The summed E-state index contributed by atoms with van der Waals surface area (Å²) in [6, 6.07) is 0. The average Bonchev–Trinajstić information content (AvgIpc) is 2.06. The van der Waals surface area contributed by atoms with Crippen LogP contribution in [-0.2, 0) is 15.6 Å². The van der Waals surface area contributed by atoms with E-state index in [9.17, 15) is 9.00 Å². The van der Waals surface area contributed by atoms with Gasteiger partial charge in [-0.3, -0.25) is 9.00 Å². The van der Waals surface area contributed by atoms with Gasteiger partial charge in [-0.05, 0) is 32.6 Å². The van der Waals surface area contributed by atoms with Gasteiger partial charge in [0.05, 0.1) is 0 Å². The maximum absolute atomic E-state index is 12.3. The van der Waals surface area contributed by atoms with Gasteiger partial charge in [0.2, 0.25) is 0 Å². The molecule has 0 amide bonds. The van der Waals surface area contributed by atoms with E-state index in [4.69, 9.17) is 0 Å². The highest BCUT2D eigenvalue weighted by molar-refractivity contribution is 7.87. The second kappa shape index (κ2) is 4.00. The van der Waals surface area contributed by atoms with Crippen molar-refractivity contribution >= 4 is 16.6 Å². The van der Waals surface area contributed by atoms with E-state index in [0.29, 0.717) is 12.8 Å². The molecular formula is C12H22O2S. The molecule has 15 heavy (non-hydrogen) atoms. The molecule has 0 saturated heterocycles. The molecule has 0 aliphatic heterocycles. The summed E-state index contributed by atoms with van der Waals surface area (Å²) < 4.78 is 12.1. The minimum atomic E-state index is -0.935. The Hall–Kier alpha value is -0.180. The maximum atomic E-state index is 12.3. The highest BCUT2D eigenvalue weighted by atomic mass is 32.2. The predicted octanol–water partition coefficient (Wildman–Crippen LogP) is 2.68. The van der Waals surface area contributed by atoms with Gasteiger partial charge in [-0.25, -0.2) is 0 Å².